The van der Waals surface area contributed by atoms with E-state index < -0.39 is 54.0 Å². The lowest BCUT2D eigenvalue weighted by atomic mass is 9.89. The molecule has 1 aromatic rings. The molecule has 0 aliphatic carbocycles. The van der Waals surface area contributed by atoms with Gasteiger partial charge in [-0.25, -0.2) is 4.79 Å². The number of likely N-dealkylation sites (N-methyl/N-ethyl adjacent to an activating group) is 1. The van der Waals surface area contributed by atoms with Crippen LogP contribution < -0.4 is 10.6 Å². The third-order valence-electron chi connectivity index (χ3n) is 9.85. The van der Waals surface area contributed by atoms with Crippen molar-refractivity contribution in [1.82, 2.24) is 20.4 Å². The zero-order valence-electron chi connectivity index (χ0n) is 32.4. The summed E-state index contributed by atoms with van der Waals surface area (Å²) < 4.78 is 17.3. The number of amides is 4. The lowest BCUT2D eigenvalue weighted by molar-refractivity contribution is -0.147. The minimum atomic E-state index is -0.878. The Bertz CT molecular complexity index is 1240. The first-order valence-corrected chi connectivity index (χ1v) is 18.0. The fourth-order valence-corrected chi connectivity index (χ4v) is 6.85. The Morgan fingerprint density at radius 1 is 1.00 bits per heavy atom. The molecular weight excluding hydrogens is 640 g/mol. The van der Waals surface area contributed by atoms with Gasteiger partial charge in [-0.15, -0.1) is 0 Å². The Balaban J connectivity index is 2.22. The molecule has 12 nitrogen and oxygen atoms in total. The summed E-state index contributed by atoms with van der Waals surface area (Å²) in [6.45, 7) is 17.1. The van der Waals surface area contributed by atoms with Gasteiger partial charge in [0.15, 0.2) is 0 Å². The number of rotatable bonds is 17. The summed E-state index contributed by atoms with van der Waals surface area (Å²) in [5.74, 6) is -1.58. The summed E-state index contributed by atoms with van der Waals surface area (Å²) in [6, 6.07) is 6.97. The summed E-state index contributed by atoms with van der Waals surface area (Å²) in [7, 11) is 4.78. The molecule has 284 valence electrons. The molecule has 0 radical (unpaired) electrons. The highest BCUT2D eigenvalue weighted by Crippen LogP contribution is 2.30. The minimum Gasteiger partial charge on any atom is -0.444 e. The van der Waals surface area contributed by atoms with E-state index in [0.717, 1.165) is 12.8 Å². The Labute approximate surface area is 300 Å². The van der Waals surface area contributed by atoms with E-state index in [1.165, 1.54) is 0 Å². The van der Waals surface area contributed by atoms with E-state index >= 15 is 0 Å². The second-order valence-corrected chi connectivity index (χ2v) is 15.1. The van der Waals surface area contributed by atoms with E-state index in [2.05, 4.69) is 10.6 Å². The van der Waals surface area contributed by atoms with Gasteiger partial charge in [0.1, 0.15) is 11.6 Å². The fourth-order valence-electron chi connectivity index (χ4n) is 6.85. The van der Waals surface area contributed by atoms with Gasteiger partial charge in [-0.05, 0) is 57.9 Å². The third-order valence-corrected chi connectivity index (χ3v) is 9.85. The van der Waals surface area contributed by atoms with Crippen molar-refractivity contribution in [2.75, 3.05) is 27.8 Å². The molecule has 1 aromatic carbocycles. The minimum absolute atomic E-state index is 0.0166. The number of nitrogens with one attached hydrogen (secondary N) is 2. The first-order valence-electron chi connectivity index (χ1n) is 18.0. The molecule has 0 bridgehead atoms. The van der Waals surface area contributed by atoms with E-state index in [-0.39, 0.29) is 42.0 Å². The van der Waals surface area contributed by atoms with Crippen LogP contribution in [0.15, 0.2) is 30.3 Å². The molecule has 1 heterocycles. The molecule has 8 unspecified atom stereocenters. The van der Waals surface area contributed by atoms with Crippen LogP contribution in [0.1, 0.15) is 99.7 Å². The van der Waals surface area contributed by atoms with Crippen LogP contribution in [0.5, 0.6) is 0 Å². The van der Waals surface area contributed by atoms with Crippen molar-refractivity contribution in [2.24, 2.45) is 17.8 Å². The third kappa shape index (κ3) is 11.7. The zero-order valence-corrected chi connectivity index (χ0v) is 32.4. The number of nitrogens with zero attached hydrogens (tertiary/aromatic N) is 2. The maximum absolute atomic E-state index is 14.1. The highest BCUT2D eigenvalue weighted by molar-refractivity contribution is 5.86. The van der Waals surface area contributed by atoms with Crippen LogP contribution in [0.25, 0.3) is 0 Å². The smallest absolute Gasteiger partial charge is 0.408 e. The van der Waals surface area contributed by atoms with Gasteiger partial charge in [-0.3, -0.25) is 14.4 Å². The number of ether oxygens (including phenoxy) is 3. The van der Waals surface area contributed by atoms with Crippen LogP contribution in [0, 0.1) is 17.8 Å². The van der Waals surface area contributed by atoms with Crippen molar-refractivity contribution in [3.8, 4) is 0 Å². The molecule has 0 aromatic heterocycles. The van der Waals surface area contributed by atoms with Gasteiger partial charge in [0.05, 0.1) is 48.8 Å². The van der Waals surface area contributed by atoms with Crippen molar-refractivity contribution in [3.05, 3.63) is 35.9 Å². The van der Waals surface area contributed by atoms with E-state index in [9.17, 15) is 24.3 Å². The van der Waals surface area contributed by atoms with Crippen LogP contribution in [-0.4, -0.2) is 109 Å². The average Bonchev–Trinajstić information content (AvgIpc) is 3.55. The first-order chi connectivity index (χ1) is 23.4. The van der Waals surface area contributed by atoms with Crippen molar-refractivity contribution in [2.45, 2.75) is 136 Å². The van der Waals surface area contributed by atoms with Gasteiger partial charge < -0.3 is 39.8 Å². The Morgan fingerprint density at radius 2 is 1.62 bits per heavy atom. The van der Waals surface area contributed by atoms with Crippen LogP contribution in [-0.2, 0) is 28.6 Å². The van der Waals surface area contributed by atoms with E-state index in [1.54, 1.807) is 65.7 Å². The van der Waals surface area contributed by atoms with Crippen LogP contribution in [0.2, 0.25) is 0 Å². The molecule has 9 atom stereocenters. The molecule has 0 spiro atoms. The van der Waals surface area contributed by atoms with Crippen molar-refractivity contribution < 1.29 is 38.5 Å². The monoisotopic (exact) mass is 704 g/mol. The maximum atomic E-state index is 14.1. The van der Waals surface area contributed by atoms with Crippen LogP contribution >= 0.6 is 0 Å². The number of hydrogen-bond donors (Lipinski definition) is 3. The maximum Gasteiger partial charge on any atom is 0.408 e. The lowest BCUT2D eigenvalue weighted by Gasteiger charge is -2.40. The molecule has 12 heteroatoms. The standard InChI is InChI=1S/C38H64N4O8/c1-13-24(4)32(41(10)36(46)31(23(2)3)40-37(47)50-38(7,8)9)29(48-11)22-30(43)42-21-17-20-28(42)34(49-12)25(5)35(45)39-26(6)33(44)27-18-15-14-16-19-27/h14-16,18-19,23-26,28-29,31-34,44H,13,17,20-22H2,1-12H3,(H,39,45)(H,40,47)/t24?,25?,26?,28-,29?,31?,32?,33?,34?/m0/s1. The van der Waals surface area contributed by atoms with Crippen LogP contribution in [0.4, 0.5) is 4.79 Å². The molecule has 4 amide bonds. The van der Waals surface area contributed by atoms with Crippen molar-refractivity contribution >= 4 is 23.8 Å². The van der Waals surface area contributed by atoms with Gasteiger partial charge >= 0.3 is 6.09 Å². The quantitative estimate of drug-likeness (QED) is 0.212. The molecule has 1 aliphatic rings. The molecule has 2 rings (SSSR count). The van der Waals surface area contributed by atoms with Crippen LogP contribution in [0.3, 0.4) is 0 Å². The normalized spacial score (nSPS) is 19.8. The molecule has 1 saturated heterocycles. The van der Waals surface area contributed by atoms with E-state index in [1.807, 2.05) is 58.0 Å². The largest absolute Gasteiger partial charge is 0.444 e. The summed E-state index contributed by atoms with van der Waals surface area (Å²) >= 11 is 0. The topological polar surface area (TPSA) is 147 Å². The second kappa shape index (κ2) is 19.4. The van der Waals surface area contributed by atoms with Gasteiger partial charge in [-0.1, -0.05) is 71.4 Å². The number of carbonyl (C=O) groups excluding carboxylic acids is 4. The first kappa shape index (κ1) is 42.9. The average molecular weight is 705 g/mol. The fraction of sp³-hybridized carbons (Fsp3) is 0.737. The van der Waals surface area contributed by atoms with Gasteiger partial charge in [-0.2, -0.15) is 0 Å². The number of carbonyl (C=O) groups is 4. The molecule has 0 saturated carbocycles. The Morgan fingerprint density at radius 3 is 2.14 bits per heavy atom. The Hall–Kier alpha value is -3.22. The highest BCUT2D eigenvalue weighted by Gasteiger charge is 2.43. The molecule has 3 N–H and O–H groups in total. The summed E-state index contributed by atoms with van der Waals surface area (Å²) in [4.78, 5) is 57.5. The number of hydrogen-bond acceptors (Lipinski definition) is 8. The highest BCUT2D eigenvalue weighted by atomic mass is 16.6. The Kier molecular flexibility index (Phi) is 16.7. The predicted molar refractivity (Wildman–Crippen MR) is 193 cm³/mol. The molecular formula is C38H64N4O8. The summed E-state index contributed by atoms with van der Waals surface area (Å²) in [5.41, 5.74) is -0.0138. The number of alkyl carbamates (subject to hydrolysis) is 1. The SMILES string of the molecule is CCC(C)C(C(CC(=O)N1CCC[C@H]1C(OC)C(C)C(=O)NC(C)C(O)c1ccccc1)OC)N(C)C(=O)C(NC(=O)OC(C)(C)C)C(C)C. The van der Waals surface area contributed by atoms with E-state index in [0.29, 0.717) is 18.5 Å². The molecule has 1 fully saturated rings. The predicted octanol–water partition coefficient (Wildman–Crippen LogP) is 4.69. The lowest BCUT2D eigenvalue weighted by Crippen LogP contribution is -2.58. The van der Waals surface area contributed by atoms with Crippen molar-refractivity contribution in [1.29, 1.82) is 0 Å². The van der Waals surface area contributed by atoms with Gasteiger partial charge in [0, 0.05) is 27.8 Å². The van der Waals surface area contributed by atoms with Gasteiger partial charge in [0.25, 0.3) is 0 Å². The zero-order chi connectivity index (χ0) is 37.9. The number of methoxy groups -OCH3 is 2. The number of aliphatic hydroxyl groups excluding tert-OH is 1. The number of likely N-dealkylation sites (tertiary alicyclic amines) is 1. The second-order valence-electron chi connectivity index (χ2n) is 15.1. The van der Waals surface area contributed by atoms with Crippen molar-refractivity contribution in [3.63, 3.8) is 0 Å². The number of aliphatic hydroxyl groups is 1. The molecule has 1 aliphatic heterocycles. The number of benzene rings is 1. The van der Waals surface area contributed by atoms with Gasteiger partial charge in [0.2, 0.25) is 17.7 Å². The summed E-state index contributed by atoms with van der Waals surface area (Å²) in [6.07, 6.45) is -0.600. The molecule has 50 heavy (non-hydrogen) atoms. The summed E-state index contributed by atoms with van der Waals surface area (Å²) in [5, 5.41) is 16.5. The van der Waals surface area contributed by atoms with E-state index in [4.69, 9.17) is 14.2 Å².